The van der Waals surface area contributed by atoms with E-state index in [4.69, 9.17) is 4.74 Å². The summed E-state index contributed by atoms with van der Waals surface area (Å²) in [6, 6.07) is 4.02. The fourth-order valence-corrected chi connectivity index (χ4v) is 2.24. The highest BCUT2D eigenvalue weighted by Gasteiger charge is 2.35. The van der Waals surface area contributed by atoms with Gasteiger partial charge < -0.3 is 4.74 Å². The van der Waals surface area contributed by atoms with E-state index in [0.29, 0.717) is 10.6 Å². The lowest BCUT2D eigenvalue weighted by molar-refractivity contribution is -0.139. The van der Waals surface area contributed by atoms with Crippen molar-refractivity contribution < 1.29 is 17.9 Å². The van der Waals surface area contributed by atoms with Gasteiger partial charge in [0.2, 0.25) is 0 Å². The van der Waals surface area contributed by atoms with Crippen LogP contribution < -0.4 is 4.74 Å². The standard InChI is InChI=1S/C13H12F3NOS/c1-8(2)18-11-4-3-9(12-17-5-6-19-12)7-10(11)13(14,15)16/h3-8H,1-2H3. The van der Waals surface area contributed by atoms with Crippen molar-refractivity contribution in [1.29, 1.82) is 0 Å². The van der Waals surface area contributed by atoms with E-state index in [0.717, 1.165) is 6.07 Å². The Hall–Kier alpha value is -1.56. The molecule has 0 fully saturated rings. The van der Waals surface area contributed by atoms with Gasteiger partial charge in [-0.3, -0.25) is 0 Å². The summed E-state index contributed by atoms with van der Waals surface area (Å²) in [6.45, 7) is 3.38. The van der Waals surface area contributed by atoms with Crippen molar-refractivity contribution in [2.45, 2.75) is 26.1 Å². The Labute approximate surface area is 112 Å². The average Bonchev–Trinajstić information content (AvgIpc) is 2.80. The van der Waals surface area contributed by atoms with Gasteiger partial charge in [0.15, 0.2) is 0 Å². The Bertz CT molecular complexity index is 550. The minimum absolute atomic E-state index is 0.150. The van der Waals surface area contributed by atoms with Crippen LogP contribution in [-0.4, -0.2) is 11.1 Å². The summed E-state index contributed by atoms with van der Waals surface area (Å²) in [5.74, 6) is -0.150. The predicted molar refractivity (Wildman–Crippen MR) is 68.3 cm³/mol. The van der Waals surface area contributed by atoms with E-state index in [1.807, 2.05) is 0 Å². The molecule has 0 N–H and O–H groups in total. The Kier molecular flexibility index (Phi) is 3.80. The third-order valence-corrected chi connectivity index (χ3v) is 3.15. The number of benzene rings is 1. The minimum Gasteiger partial charge on any atom is -0.490 e. The van der Waals surface area contributed by atoms with Crippen LogP contribution in [-0.2, 0) is 6.18 Å². The van der Waals surface area contributed by atoms with E-state index < -0.39 is 11.7 Å². The molecule has 0 bridgehead atoms. The maximum atomic E-state index is 13.0. The highest BCUT2D eigenvalue weighted by atomic mass is 32.1. The average molecular weight is 287 g/mol. The molecule has 2 rings (SSSR count). The molecule has 0 saturated carbocycles. The van der Waals surface area contributed by atoms with Crippen LogP contribution in [0.4, 0.5) is 13.2 Å². The molecule has 0 aliphatic carbocycles. The third-order valence-electron chi connectivity index (χ3n) is 2.33. The van der Waals surface area contributed by atoms with Crippen molar-refractivity contribution >= 4 is 11.3 Å². The quantitative estimate of drug-likeness (QED) is 0.822. The van der Waals surface area contributed by atoms with Crippen LogP contribution in [0.2, 0.25) is 0 Å². The highest BCUT2D eigenvalue weighted by Crippen LogP contribution is 2.39. The largest absolute Gasteiger partial charge is 0.490 e. The summed E-state index contributed by atoms with van der Waals surface area (Å²) in [7, 11) is 0. The van der Waals surface area contributed by atoms with Crippen LogP contribution in [0.5, 0.6) is 5.75 Å². The van der Waals surface area contributed by atoms with Crippen molar-refractivity contribution in [3.05, 3.63) is 35.3 Å². The van der Waals surface area contributed by atoms with Crippen LogP contribution in [0.25, 0.3) is 10.6 Å². The molecule has 0 amide bonds. The van der Waals surface area contributed by atoms with Gasteiger partial charge in [0, 0.05) is 17.1 Å². The van der Waals surface area contributed by atoms with Gasteiger partial charge in [0.25, 0.3) is 0 Å². The fraction of sp³-hybridized carbons (Fsp3) is 0.308. The van der Waals surface area contributed by atoms with Crippen molar-refractivity contribution in [2.24, 2.45) is 0 Å². The maximum Gasteiger partial charge on any atom is 0.419 e. The zero-order valence-corrected chi connectivity index (χ0v) is 11.2. The second kappa shape index (κ2) is 5.21. The van der Waals surface area contributed by atoms with Gasteiger partial charge in [-0.25, -0.2) is 4.98 Å². The van der Waals surface area contributed by atoms with E-state index in [2.05, 4.69) is 4.98 Å². The van der Waals surface area contributed by atoms with Gasteiger partial charge in [-0.05, 0) is 32.0 Å². The Morgan fingerprint density at radius 2 is 2.00 bits per heavy atom. The topological polar surface area (TPSA) is 22.1 Å². The van der Waals surface area contributed by atoms with E-state index in [1.54, 1.807) is 31.5 Å². The Morgan fingerprint density at radius 1 is 1.26 bits per heavy atom. The molecule has 2 nitrogen and oxygen atoms in total. The van der Waals surface area contributed by atoms with E-state index >= 15 is 0 Å². The molecular weight excluding hydrogens is 275 g/mol. The molecule has 2 aromatic rings. The van der Waals surface area contributed by atoms with E-state index in [-0.39, 0.29) is 11.9 Å². The molecule has 0 saturated heterocycles. The lowest BCUT2D eigenvalue weighted by Crippen LogP contribution is -2.13. The number of ether oxygens (including phenoxy) is 1. The number of rotatable bonds is 3. The molecule has 19 heavy (non-hydrogen) atoms. The zero-order valence-electron chi connectivity index (χ0n) is 10.4. The zero-order chi connectivity index (χ0) is 14.0. The lowest BCUT2D eigenvalue weighted by Gasteiger charge is -2.16. The number of aromatic nitrogens is 1. The number of alkyl halides is 3. The molecule has 0 atom stereocenters. The van der Waals surface area contributed by atoms with Crippen molar-refractivity contribution in [2.75, 3.05) is 0 Å². The molecule has 0 unspecified atom stereocenters. The van der Waals surface area contributed by atoms with Crippen LogP contribution in [0, 0.1) is 0 Å². The Morgan fingerprint density at radius 3 is 2.53 bits per heavy atom. The fourth-order valence-electron chi connectivity index (χ4n) is 1.61. The first-order valence-electron chi connectivity index (χ1n) is 5.65. The molecule has 1 aromatic heterocycles. The molecule has 6 heteroatoms. The number of hydrogen-bond acceptors (Lipinski definition) is 3. The molecule has 0 aliphatic rings. The van der Waals surface area contributed by atoms with Gasteiger partial charge in [-0.2, -0.15) is 13.2 Å². The first-order chi connectivity index (χ1) is 8.88. The molecule has 0 aliphatic heterocycles. The predicted octanol–water partition coefficient (Wildman–Crippen LogP) is 4.62. The summed E-state index contributed by atoms with van der Waals surface area (Å²) in [5, 5.41) is 2.28. The first kappa shape index (κ1) is 13.9. The normalized spacial score (nSPS) is 11.9. The smallest absolute Gasteiger partial charge is 0.419 e. The first-order valence-corrected chi connectivity index (χ1v) is 6.53. The molecule has 0 radical (unpaired) electrons. The number of hydrogen-bond donors (Lipinski definition) is 0. The second-order valence-corrected chi connectivity index (χ2v) is 5.11. The third kappa shape index (κ3) is 3.26. The molecule has 0 spiro atoms. The van der Waals surface area contributed by atoms with Gasteiger partial charge in [-0.15, -0.1) is 11.3 Å². The SMILES string of the molecule is CC(C)Oc1ccc(-c2nccs2)cc1C(F)(F)F. The van der Waals surface area contributed by atoms with Crippen LogP contribution in [0.1, 0.15) is 19.4 Å². The van der Waals surface area contributed by atoms with E-state index in [9.17, 15) is 13.2 Å². The monoisotopic (exact) mass is 287 g/mol. The minimum atomic E-state index is -4.45. The lowest BCUT2D eigenvalue weighted by atomic mass is 10.1. The summed E-state index contributed by atoms with van der Waals surface area (Å²) < 4.78 is 44.3. The maximum absolute atomic E-state index is 13.0. The van der Waals surface area contributed by atoms with Crippen LogP contribution >= 0.6 is 11.3 Å². The van der Waals surface area contributed by atoms with Crippen molar-refractivity contribution in [3.8, 4) is 16.3 Å². The Balaban J connectivity index is 2.48. The highest BCUT2D eigenvalue weighted by molar-refractivity contribution is 7.13. The van der Waals surface area contributed by atoms with Gasteiger partial charge in [0.1, 0.15) is 10.8 Å². The molecule has 1 aromatic carbocycles. The van der Waals surface area contributed by atoms with Gasteiger partial charge >= 0.3 is 6.18 Å². The number of nitrogens with zero attached hydrogens (tertiary/aromatic N) is 1. The number of halogens is 3. The van der Waals surface area contributed by atoms with Gasteiger partial charge in [-0.1, -0.05) is 0 Å². The van der Waals surface area contributed by atoms with E-state index in [1.165, 1.54) is 17.4 Å². The summed E-state index contributed by atoms with van der Waals surface area (Å²) in [4.78, 5) is 4.01. The number of thiazole rings is 1. The van der Waals surface area contributed by atoms with Crippen molar-refractivity contribution in [3.63, 3.8) is 0 Å². The van der Waals surface area contributed by atoms with Gasteiger partial charge in [0.05, 0.1) is 11.7 Å². The molecule has 102 valence electrons. The summed E-state index contributed by atoms with van der Waals surface area (Å²) in [5.41, 5.74) is -0.327. The van der Waals surface area contributed by atoms with Crippen molar-refractivity contribution in [1.82, 2.24) is 4.98 Å². The summed E-state index contributed by atoms with van der Waals surface area (Å²) >= 11 is 1.30. The molecule has 1 heterocycles. The van der Waals surface area contributed by atoms with Crippen LogP contribution in [0.15, 0.2) is 29.8 Å². The molecular formula is C13H12F3NOS. The van der Waals surface area contributed by atoms with Crippen LogP contribution in [0.3, 0.4) is 0 Å². The second-order valence-electron chi connectivity index (χ2n) is 4.21. The summed E-state index contributed by atoms with van der Waals surface area (Å²) in [6.07, 6.45) is -3.20.